The average Bonchev–Trinajstić information content (AvgIpc) is 3.12. The molecule has 0 saturated carbocycles. The van der Waals surface area contributed by atoms with Gasteiger partial charge in [-0.2, -0.15) is 0 Å². The molecule has 1 heteroatoms. The number of benzene rings is 5. The molecule has 5 aromatic carbocycles. The van der Waals surface area contributed by atoms with Crippen LogP contribution < -0.4 is 4.90 Å². The molecule has 0 spiro atoms. The zero-order valence-corrected chi connectivity index (χ0v) is 20.8. The largest absolute Gasteiger partial charge is 0.310 e. The predicted molar refractivity (Wildman–Crippen MR) is 150 cm³/mol. The molecule has 0 aromatic heterocycles. The summed E-state index contributed by atoms with van der Waals surface area (Å²) in [5, 5.41) is 2.52. The van der Waals surface area contributed by atoms with Crippen molar-refractivity contribution in [2.45, 2.75) is 39.0 Å². The van der Waals surface area contributed by atoms with E-state index in [2.05, 4.69) is 135 Å². The molecule has 1 aliphatic rings. The lowest BCUT2D eigenvalue weighted by Crippen LogP contribution is -2.16. The van der Waals surface area contributed by atoms with Crippen LogP contribution in [0.25, 0.3) is 21.9 Å². The lowest BCUT2D eigenvalue weighted by atomic mass is 9.82. The van der Waals surface area contributed by atoms with E-state index in [9.17, 15) is 0 Å². The van der Waals surface area contributed by atoms with Gasteiger partial charge in [-0.05, 0) is 70.0 Å². The molecule has 0 aliphatic heterocycles. The van der Waals surface area contributed by atoms with Gasteiger partial charge in [-0.3, -0.25) is 0 Å². The SMILES string of the molecule is CCCc1ccc(N(c2ccc3c(c2)C(C)(C)c2ccccc2-3)c2cccc3ccccc23)cc1. The van der Waals surface area contributed by atoms with Crippen LogP contribution in [0.1, 0.15) is 43.9 Å². The normalized spacial score (nSPS) is 13.5. The van der Waals surface area contributed by atoms with Crippen LogP contribution in [-0.2, 0) is 11.8 Å². The van der Waals surface area contributed by atoms with Gasteiger partial charge in [0.15, 0.2) is 0 Å². The number of fused-ring (bicyclic) bond motifs is 4. The molecule has 5 aromatic rings. The minimum Gasteiger partial charge on any atom is -0.310 e. The van der Waals surface area contributed by atoms with E-state index in [-0.39, 0.29) is 5.41 Å². The van der Waals surface area contributed by atoms with Crippen molar-refractivity contribution in [3.8, 4) is 11.1 Å². The quantitative estimate of drug-likeness (QED) is 0.256. The Labute approximate surface area is 208 Å². The van der Waals surface area contributed by atoms with Crippen LogP contribution in [0.3, 0.4) is 0 Å². The fourth-order valence-electron chi connectivity index (χ4n) is 5.76. The molecular weight excluding hydrogens is 422 g/mol. The topological polar surface area (TPSA) is 3.24 Å². The number of nitrogens with zero attached hydrogens (tertiary/aromatic N) is 1. The molecule has 172 valence electrons. The highest BCUT2D eigenvalue weighted by atomic mass is 15.1. The molecule has 0 N–H and O–H groups in total. The van der Waals surface area contributed by atoms with Gasteiger partial charge < -0.3 is 4.90 Å². The number of aryl methyl sites for hydroxylation is 1. The molecule has 0 radical (unpaired) electrons. The Hall–Kier alpha value is -3.84. The van der Waals surface area contributed by atoms with E-state index in [0.29, 0.717) is 0 Å². The van der Waals surface area contributed by atoms with Crippen molar-refractivity contribution in [2.75, 3.05) is 4.90 Å². The standard InChI is InChI=1S/C34H31N/c1-4-10-24-17-19-26(20-18-24)35(33-16-9-12-25-11-5-6-13-28(25)33)27-21-22-30-29-14-7-8-15-31(29)34(2,3)32(30)23-27/h5-9,11-23H,4,10H2,1-3H3. The summed E-state index contributed by atoms with van der Waals surface area (Å²) >= 11 is 0. The minimum absolute atomic E-state index is 0.0304. The molecule has 0 fully saturated rings. The second-order valence-corrected chi connectivity index (χ2v) is 10.2. The third kappa shape index (κ3) is 3.54. The van der Waals surface area contributed by atoms with Crippen LogP contribution in [0, 0.1) is 0 Å². The average molecular weight is 454 g/mol. The Morgan fingerprint density at radius 2 is 1.31 bits per heavy atom. The highest BCUT2D eigenvalue weighted by Crippen LogP contribution is 2.50. The summed E-state index contributed by atoms with van der Waals surface area (Å²) in [4.78, 5) is 2.43. The van der Waals surface area contributed by atoms with Crippen LogP contribution in [0.2, 0.25) is 0 Å². The van der Waals surface area contributed by atoms with Crippen molar-refractivity contribution in [2.24, 2.45) is 0 Å². The first-order valence-electron chi connectivity index (χ1n) is 12.7. The van der Waals surface area contributed by atoms with Gasteiger partial charge >= 0.3 is 0 Å². The molecule has 0 heterocycles. The fraction of sp³-hybridized carbons (Fsp3) is 0.176. The van der Waals surface area contributed by atoms with Gasteiger partial charge in [0.2, 0.25) is 0 Å². The van der Waals surface area contributed by atoms with Crippen LogP contribution in [0.5, 0.6) is 0 Å². The van der Waals surface area contributed by atoms with Crippen LogP contribution in [0.15, 0.2) is 109 Å². The van der Waals surface area contributed by atoms with E-state index in [1.165, 1.54) is 55.7 Å². The van der Waals surface area contributed by atoms with Gasteiger partial charge in [-0.1, -0.05) is 106 Å². The summed E-state index contributed by atoms with van der Waals surface area (Å²) in [6, 6.07) is 40.3. The minimum atomic E-state index is -0.0304. The Balaban J connectivity index is 1.56. The van der Waals surface area contributed by atoms with E-state index in [4.69, 9.17) is 0 Å². The van der Waals surface area contributed by atoms with E-state index in [1.807, 2.05) is 0 Å². The smallest absolute Gasteiger partial charge is 0.0540 e. The van der Waals surface area contributed by atoms with Crippen molar-refractivity contribution < 1.29 is 0 Å². The van der Waals surface area contributed by atoms with E-state index in [0.717, 1.165) is 12.8 Å². The molecule has 1 nitrogen and oxygen atoms in total. The van der Waals surface area contributed by atoms with Crippen molar-refractivity contribution in [3.63, 3.8) is 0 Å². The first-order chi connectivity index (χ1) is 17.1. The predicted octanol–water partition coefficient (Wildman–Crippen LogP) is 9.57. The number of anilines is 3. The second-order valence-electron chi connectivity index (χ2n) is 10.2. The van der Waals surface area contributed by atoms with Gasteiger partial charge in [0.05, 0.1) is 5.69 Å². The first kappa shape index (κ1) is 21.7. The summed E-state index contributed by atoms with van der Waals surface area (Å²) in [5.74, 6) is 0. The molecule has 0 bridgehead atoms. The van der Waals surface area contributed by atoms with Gasteiger partial charge in [0.1, 0.15) is 0 Å². The molecule has 0 atom stereocenters. The Kier molecular flexibility index (Phi) is 5.22. The van der Waals surface area contributed by atoms with Crippen molar-refractivity contribution in [1.82, 2.24) is 0 Å². The first-order valence-corrected chi connectivity index (χ1v) is 12.7. The van der Waals surface area contributed by atoms with E-state index < -0.39 is 0 Å². The lowest BCUT2D eigenvalue weighted by molar-refractivity contribution is 0.660. The highest BCUT2D eigenvalue weighted by Gasteiger charge is 2.35. The maximum absolute atomic E-state index is 2.43. The third-order valence-corrected chi connectivity index (χ3v) is 7.57. The van der Waals surface area contributed by atoms with E-state index >= 15 is 0 Å². The van der Waals surface area contributed by atoms with Crippen LogP contribution >= 0.6 is 0 Å². The maximum atomic E-state index is 2.43. The van der Waals surface area contributed by atoms with Crippen molar-refractivity contribution in [3.05, 3.63) is 126 Å². The third-order valence-electron chi connectivity index (χ3n) is 7.57. The van der Waals surface area contributed by atoms with E-state index in [1.54, 1.807) is 0 Å². The highest BCUT2D eigenvalue weighted by molar-refractivity contribution is 5.99. The Morgan fingerprint density at radius 1 is 0.629 bits per heavy atom. The van der Waals surface area contributed by atoms with Gasteiger partial charge in [0, 0.05) is 22.2 Å². The monoisotopic (exact) mass is 453 g/mol. The number of hydrogen-bond donors (Lipinski definition) is 0. The molecule has 0 amide bonds. The molecule has 0 unspecified atom stereocenters. The van der Waals surface area contributed by atoms with Crippen molar-refractivity contribution >= 4 is 27.8 Å². The fourth-order valence-corrected chi connectivity index (χ4v) is 5.76. The molecule has 35 heavy (non-hydrogen) atoms. The molecule has 6 rings (SSSR count). The zero-order valence-electron chi connectivity index (χ0n) is 20.8. The summed E-state index contributed by atoms with van der Waals surface area (Å²) in [7, 11) is 0. The van der Waals surface area contributed by atoms with Gasteiger partial charge in [-0.25, -0.2) is 0 Å². The summed E-state index contributed by atoms with van der Waals surface area (Å²) < 4.78 is 0. The van der Waals surface area contributed by atoms with Gasteiger partial charge in [0.25, 0.3) is 0 Å². The summed E-state index contributed by atoms with van der Waals surface area (Å²) in [5.41, 5.74) is 10.5. The summed E-state index contributed by atoms with van der Waals surface area (Å²) in [6.45, 7) is 6.94. The Morgan fingerprint density at radius 3 is 2.14 bits per heavy atom. The zero-order chi connectivity index (χ0) is 24.0. The van der Waals surface area contributed by atoms with Crippen LogP contribution in [-0.4, -0.2) is 0 Å². The maximum Gasteiger partial charge on any atom is 0.0540 e. The molecule has 1 aliphatic carbocycles. The second kappa shape index (κ2) is 8.43. The number of rotatable bonds is 5. The van der Waals surface area contributed by atoms with Crippen molar-refractivity contribution in [1.29, 1.82) is 0 Å². The molecular formula is C34H31N. The van der Waals surface area contributed by atoms with Gasteiger partial charge in [-0.15, -0.1) is 0 Å². The lowest BCUT2D eigenvalue weighted by Gasteiger charge is -2.29. The number of hydrogen-bond acceptors (Lipinski definition) is 1. The molecule has 0 saturated heterocycles. The Bertz CT molecular complexity index is 1520. The van der Waals surface area contributed by atoms with Crippen LogP contribution in [0.4, 0.5) is 17.1 Å². The summed E-state index contributed by atoms with van der Waals surface area (Å²) in [6.07, 6.45) is 2.27.